The van der Waals surface area contributed by atoms with Gasteiger partial charge in [-0.3, -0.25) is 0 Å². The van der Waals surface area contributed by atoms with Crippen molar-refractivity contribution >= 4 is 22.6 Å². The topological polar surface area (TPSA) is 18.5 Å². The highest BCUT2D eigenvalue weighted by atomic mass is 127. The Balaban J connectivity index is 2.34. The molecule has 1 aliphatic heterocycles. The van der Waals surface area contributed by atoms with E-state index in [4.69, 9.17) is 9.47 Å². The Bertz CT molecular complexity index is 328. The fourth-order valence-electron chi connectivity index (χ4n) is 1.26. The molecule has 1 heterocycles. The van der Waals surface area contributed by atoms with Crippen molar-refractivity contribution in [2.45, 2.75) is 6.29 Å². The zero-order chi connectivity index (χ0) is 10.1. The molecular weight excluding hydrogens is 305 g/mol. The van der Waals surface area contributed by atoms with Crippen LogP contribution in [0.1, 0.15) is 11.9 Å². The van der Waals surface area contributed by atoms with Gasteiger partial charge in [0, 0.05) is 5.56 Å². The van der Waals surface area contributed by atoms with Crippen molar-refractivity contribution in [2.24, 2.45) is 0 Å². The second-order valence-electron chi connectivity index (χ2n) is 2.87. The summed E-state index contributed by atoms with van der Waals surface area (Å²) in [4.78, 5) is 0. The largest absolute Gasteiger partial charge is 0.346 e. The number of rotatable bonds is 1. The van der Waals surface area contributed by atoms with Crippen LogP contribution < -0.4 is 0 Å². The molecule has 76 valence electrons. The molecule has 2 nitrogen and oxygen atoms in total. The van der Waals surface area contributed by atoms with E-state index < -0.39 is 17.9 Å². The molecule has 0 aliphatic carbocycles. The summed E-state index contributed by atoms with van der Waals surface area (Å²) in [6, 6.07) is 2.47. The van der Waals surface area contributed by atoms with Crippen LogP contribution in [0, 0.1) is 15.2 Å². The number of hydrogen-bond donors (Lipinski definition) is 0. The van der Waals surface area contributed by atoms with Crippen molar-refractivity contribution in [2.75, 3.05) is 13.2 Å². The van der Waals surface area contributed by atoms with Gasteiger partial charge in [0.15, 0.2) is 6.29 Å². The summed E-state index contributed by atoms with van der Waals surface area (Å²) in [6.07, 6.45) is -0.629. The highest BCUT2D eigenvalue weighted by Gasteiger charge is 2.21. The van der Waals surface area contributed by atoms with Gasteiger partial charge in [0.2, 0.25) is 0 Å². The second-order valence-corrected chi connectivity index (χ2v) is 3.95. The van der Waals surface area contributed by atoms with Crippen molar-refractivity contribution in [3.05, 3.63) is 32.9 Å². The van der Waals surface area contributed by atoms with Gasteiger partial charge >= 0.3 is 0 Å². The van der Waals surface area contributed by atoms with Crippen LogP contribution in [0.4, 0.5) is 8.78 Å². The lowest BCUT2D eigenvalue weighted by Crippen LogP contribution is -2.01. The van der Waals surface area contributed by atoms with Crippen molar-refractivity contribution in [3.8, 4) is 0 Å². The van der Waals surface area contributed by atoms with Gasteiger partial charge in [0.1, 0.15) is 11.6 Å². The molecule has 0 atom stereocenters. The number of ether oxygens (including phenoxy) is 2. The van der Waals surface area contributed by atoms with Crippen molar-refractivity contribution in [1.82, 2.24) is 0 Å². The highest BCUT2D eigenvalue weighted by molar-refractivity contribution is 14.1. The molecule has 14 heavy (non-hydrogen) atoms. The predicted octanol–water partition coefficient (Wildman–Crippen LogP) is 2.61. The molecule has 0 N–H and O–H groups in total. The van der Waals surface area contributed by atoms with Gasteiger partial charge < -0.3 is 9.47 Å². The lowest BCUT2D eigenvalue weighted by molar-refractivity contribution is -0.0445. The van der Waals surface area contributed by atoms with Gasteiger partial charge in [-0.2, -0.15) is 0 Å². The summed E-state index contributed by atoms with van der Waals surface area (Å²) in [5.41, 5.74) is 0.387. The van der Waals surface area contributed by atoms with E-state index in [9.17, 15) is 8.78 Å². The molecule has 0 spiro atoms. The normalized spacial score (nSPS) is 17.6. The molecule has 1 saturated heterocycles. The van der Waals surface area contributed by atoms with E-state index in [-0.39, 0.29) is 3.57 Å². The maximum Gasteiger partial charge on any atom is 0.184 e. The Morgan fingerprint density at radius 3 is 2.14 bits per heavy atom. The SMILES string of the molecule is Fc1cc(C2OCCO2)cc(F)c1I. The van der Waals surface area contributed by atoms with Gasteiger partial charge in [0.25, 0.3) is 0 Å². The molecule has 1 fully saturated rings. The maximum absolute atomic E-state index is 13.1. The Hall–Kier alpha value is -0.270. The fourth-order valence-corrected chi connectivity index (χ4v) is 1.57. The molecule has 0 unspecified atom stereocenters. The van der Waals surface area contributed by atoms with Crippen molar-refractivity contribution in [1.29, 1.82) is 0 Å². The minimum Gasteiger partial charge on any atom is -0.346 e. The minimum atomic E-state index is -0.629. The van der Waals surface area contributed by atoms with Crippen LogP contribution >= 0.6 is 22.6 Å². The third-order valence-electron chi connectivity index (χ3n) is 1.90. The zero-order valence-electron chi connectivity index (χ0n) is 7.10. The van der Waals surface area contributed by atoms with E-state index in [1.807, 2.05) is 0 Å². The standard InChI is InChI=1S/C9H7F2IO2/c10-6-3-5(4-7(11)8(6)12)9-13-1-2-14-9/h3-4,9H,1-2H2. The number of halogens is 3. The van der Waals surface area contributed by atoms with E-state index in [2.05, 4.69) is 0 Å². The van der Waals surface area contributed by atoms with E-state index in [0.717, 1.165) is 0 Å². The summed E-state index contributed by atoms with van der Waals surface area (Å²) < 4.78 is 36.5. The third kappa shape index (κ3) is 1.89. The van der Waals surface area contributed by atoms with Crippen molar-refractivity contribution in [3.63, 3.8) is 0 Å². The summed E-state index contributed by atoms with van der Waals surface area (Å²) >= 11 is 1.62. The van der Waals surface area contributed by atoms with E-state index in [1.54, 1.807) is 22.6 Å². The average molecular weight is 312 g/mol. The van der Waals surface area contributed by atoms with Crippen molar-refractivity contribution < 1.29 is 18.3 Å². The molecule has 1 aromatic carbocycles. The molecule has 0 radical (unpaired) electrons. The summed E-state index contributed by atoms with van der Waals surface area (Å²) in [5.74, 6) is -1.17. The highest BCUT2D eigenvalue weighted by Crippen LogP contribution is 2.26. The molecule has 2 rings (SSSR count). The lowest BCUT2D eigenvalue weighted by atomic mass is 10.2. The fraction of sp³-hybridized carbons (Fsp3) is 0.333. The Morgan fingerprint density at radius 2 is 1.64 bits per heavy atom. The van der Waals surface area contributed by atoms with Crippen LogP contribution in [-0.4, -0.2) is 13.2 Å². The molecule has 0 bridgehead atoms. The Morgan fingerprint density at radius 1 is 1.14 bits per heavy atom. The lowest BCUT2D eigenvalue weighted by Gasteiger charge is -2.10. The van der Waals surface area contributed by atoms with E-state index in [0.29, 0.717) is 18.8 Å². The molecule has 5 heteroatoms. The molecule has 0 amide bonds. The quantitative estimate of drug-likeness (QED) is 0.586. The summed E-state index contributed by atoms with van der Waals surface area (Å²) in [6.45, 7) is 0.916. The first kappa shape index (κ1) is 10.3. The minimum absolute atomic E-state index is 0.00986. The van der Waals surface area contributed by atoms with Crippen LogP contribution in [0.3, 0.4) is 0 Å². The first-order valence-electron chi connectivity index (χ1n) is 4.06. The Labute approximate surface area is 93.3 Å². The van der Waals surface area contributed by atoms with Gasteiger partial charge in [-0.1, -0.05) is 0 Å². The van der Waals surface area contributed by atoms with Crippen LogP contribution in [-0.2, 0) is 9.47 Å². The zero-order valence-corrected chi connectivity index (χ0v) is 9.25. The molecular formula is C9H7F2IO2. The number of hydrogen-bond acceptors (Lipinski definition) is 2. The van der Waals surface area contributed by atoms with Crippen LogP contribution in [0.15, 0.2) is 12.1 Å². The van der Waals surface area contributed by atoms with Gasteiger partial charge in [-0.05, 0) is 34.7 Å². The molecule has 1 aliphatic rings. The van der Waals surface area contributed by atoms with Crippen LogP contribution in [0.25, 0.3) is 0 Å². The smallest absolute Gasteiger partial charge is 0.184 e. The third-order valence-corrected chi connectivity index (χ3v) is 2.93. The molecule has 0 saturated carbocycles. The van der Waals surface area contributed by atoms with Crippen LogP contribution in [0.5, 0.6) is 0 Å². The first-order chi connectivity index (χ1) is 6.68. The Kier molecular flexibility index (Phi) is 2.99. The van der Waals surface area contributed by atoms with Gasteiger partial charge in [-0.15, -0.1) is 0 Å². The summed E-state index contributed by atoms with van der Waals surface area (Å²) in [7, 11) is 0. The summed E-state index contributed by atoms with van der Waals surface area (Å²) in [5, 5.41) is 0. The molecule has 1 aromatic rings. The average Bonchev–Trinajstić information content (AvgIpc) is 2.66. The van der Waals surface area contributed by atoms with Crippen LogP contribution in [0.2, 0.25) is 0 Å². The second kappa shape index (κ2) is 4.08. The molecule has 0 aromatic heterocycles. The number of benzene rings is 1. The van der Waals surface area contributed by atoms with E-state index >= 15 is 0 Å². The maximum atomic E-state index is 13.1. The monoisotopic (exact) mass is 312 g/mol. The van der Waals surface area contributed by atoms with Gasteiger partial charge in [-0.25, -0.2) is 8.78 Å². The van der Waals surface area contributed by atoms with E-state index in [1.165, 1.54) is 12.1 Å². The predicted molar refractivity (Wildman–Crippen MR) is 53.7 cm³/mol. The van der Waals surface area contributed by atoms with Gasteiger partial charge in [0.05, 0.1) is 16.8 Å². The first-order valence-corrected chi connectivity index (χ1v) is 5.14.